The van der Waals surface area contributed by atoms with Crippen LogP contribution in [0.5, 0.6) is 5.75 Å². The van der Waals surface area contributed by atoms with Crippen molar-refractivity contribution in [1.82, 2.24) is 10.2 Å². The Hall–Kier alpha value is -1.06. The summed E-state index contributed by atoms with van der Waals surface area (Å²) in [6, 6.07) is 8.91. The fourth-order valence-electron chi connectivity index (χ4n) is 1.93. The van der Waals surface area contributed by atoms with Crippen molar-refractivity contribution in [3.8, 4) is 5.75 Å². The first-order valence-corrected chi connectivity index (χ1v) is 6.64. The SMILES string of the molecule is CNC(C)CCCN(C)Cc1ccc(OC)cc1. The van der Waals surface area contributed by atoms with Crippen molar-refractivity contribution in [2.45, 2.75) is 32.4 Å². The smallest absolute Gasteiger partial charge is 0.118 e. The molecular weight excluding hydrogens is 224 g/mol. The summed E-state index contributed by atoms with van der Waals surface area (Å²) in [5, 5.41) is 3.27. The molecule has 0 saturated carbocycles. The zero-order valence-electron chi connectivity index (χ0n) is 12.1. The Bertz CT molecular complexity index is 324. The Morgan fingerprint density at radius 1 is 1.28 bits per heavy atom. The summed E-state index contributed by atoms with van der Waals surface area (Å²) < 4.78 is 5.16. The van der Waals surface area contributed by atoms with Gasteiger partial charge in [-0.05, 0) is 58.1 Å². The molecule has 0 amide bonds. The van der Waals surface area contributed by atoms with Crippen molar-refractivity contribution < 1.29 is 4.74 Å². The molecule has 1 rings (SSSR count). The first-order chi connectivity index (χ1) is 8.65. The van der Waals surface area contributed by atoms with Crippen LogP contribution >= 0.6 is 0 Å². The molecule has 1 unspecified atom stereocenters. The predicted molar refractivity (Wildman–Crippen MR) is 77.1 cm³/mol. The van der Waals surface area contributed by atoms with E-state index in [1.165, 1.54) is 18.4 Å². The van der Waals surface area contributed by atoms with Crippen molar-refractivity contribution in [2.75, 3.05) is 27.7 Å². The molecule has 1 aromatic carbocycles. The van der Waals surface area contributed by atoms with E-state index in [0.717, 1.165) is 18.8 Å². The molecule has 3 nitrogen and oxygen atoms in total. The van der Waals surface area contributed by atoms with Crippen LogP contribution in [0.25, 0.3) is 0 Å². The minimum absolute atomic E-state index is 0.611. The Kier molecular flexibility index (Phi) is 6.76. The third-order valence-corrected chi connectivity index (χ3v) is 3.28. The highest BCUT2D eigenvalue weighted by Crippen LogP contribution is 2.12. The quantitative estimate of drug-likeness (QED) is 0.767. The third-order valence-electron chi connectivity index (χ3n) is 3.28. The highest BCUT2D eigenvalue weighted by atomic mass is 16.5. The number of nitrogens with one attached hydrogen (secondary N) is 1. The van der Waals surface area contributed by atoms with Gasteiger partial charge in [-0.1, -0.05) is 12.1 Å². The average molecular weight is 250 g/mol. The van der Waals surface area contributed by atoms with Crippen LogP contribution in [0.3, 0.4) is 0 Å². The Balaban J connectivity index is 2.28. The fourth-order valence-corrected chi connectivity index (χ4v) is 1.93. The van der Waals surface area contributed by atoms with Gasteiger partial charge in [0.25, 0.3) is 0 Å². The Morgan fingerprint density at radius 3 is 2.50 bits per heavy atom. The van der Waals surface area contributed by atoms with E-state index in [4.69, 9.17) is 4.74 Å². The highest BCUT2D eigenvalue weighted by Gasteiger charge is 2.03. The molecule has 0 aromatic heterocycles. The van der Waals surface area contributed by atoms with Gasteiger partial charge in [-0.3, -0.25) is 0 Å². The minimum Gasteiger partial charge on any atom is -0.497 e. The van der Waals surface area contributed by atoms with E-state index < -0.39 is 0 Å². The van der Waals surface area contributed by atoms with Gasteiger partial charge in [0.15, 0.2) is 0 Å². The average Bonchev–Trinajstić information content (AvgIpc) is 2.39. The summed E-state index contributed by atoms with van der Waals surface area (Å²) in [5.74, 6) is 0.921. The van der Waals surface area contributed by atoms with E-state index >= 15 is 0 Å². The van der Waals surface area contributed by atoms with E-state index in [0.29, 0.717) is 6.04 Å². The van der Waals surface area contributed by atoms with Gasteiger partial charge in [-0.15, -0.1) is 0 Å². The largest absolute Gasteiger partial charge is 0.497 e. The molecule has 1 N–H and O–H groups in total. The molecule has 1 aromatic rings. The second kappa shape index (κ2) is 8.11. The zero-order chi connectivity index (χ0) is 13.4. The van der Waals surface area contributed by atoms with Crippen molar-refractivity contribution >= 4 is 0 Å². The van der Waals surface area contributed by atoms with E-state index in [-0.39, 0.29) is 0 Å². The zero-order valence-corrected chi connectivity index (χ0v) is 12.1. The maximum absolute atomic E-state index is 5.16. The summed E-state index contributed by atoms with van der Waals surface area (Å²) in [4.78, 5) is 2.37. The van der Waals surface area contributed by atoms with Crippen LogP contribution in [0, 0.1) is 0 Å². The molecule has 102 valence electrons. The highest BCUT2D eigenvalue weighted by molar-refractivity contribution is 5.26. The molecular formula is C15H26N2O. The van der Waals surface area contributed by atoms with Crippen LogP contribution in [-0.2, 0) is 6.54 Å². The predicted octanol–water partition coefficient (Wildman–Crippen LogP) is 2.52. The van der Waals surface area contributed by atoms with Gasteiger partial charge < -0.3 is 15.0 Å². The minimum atomic E-state index is 0.611. The summed E-state index contributed by atoms with van der Waals surface area (Å²) in [7, 11) is 5.89. The van der Waals surface area contributed by atoms with Crippen LogP contribution in [0.2, 0.25) is 0 Å². The summed E-state index contributed by atoms with van der Waals surface area (Å²) in [6.45, 7) is 4.36. The van der Waals surface area contributed by atoms with Gasteiger partial charge >= 0.3 is 0 Å². The molecule has 0 fully saturated rings. The molecule has 0 spiro atoms. The monoisotopic (exact) mass is 250 g/mol. The molecule has 0 radical (unpaired) electrons. The summed E-state index contributed by atoms with van der Waals surface area (Å²) in [5.41, 5.74) is 1.33. The number of rotatable bonds is 8. The van der Waals surface area contributed by atoms with Crippen LogP contribution < -0.4 is 10.1 Å². The molecule has 1 atom stereocenters. The fraction of sp³-hybridized carbons (Fsp3) is 0.600. The van der Waals surface area contributed by atoms with Crippen molar-refractivity contribution in [1.29, 1.82) is 0 Å². The second-order valence-corrected chi connectivity index (χ2v) is 4.92. The number of methoxy groups -OCH3 is 1. The molecule has 0 aliphatic rings. The Morgan fingerprint density at radius 2 is 1.94 bits per heavy atom. The Labute approximate surface area is 111 Å². The van der Waals surface area contributed by atoms with Crippen LogP contribution in [0.1, 0.15) is 25.3 Å². The standard InChI is InChI=1S/C15H26N2O/c1-13(16-2)6-5-11-17(3)12-14-7-9-15(18-4)10-8-14/h7-10,13,16H,5-6,11-12H2,1-4H3. The van der Waals surface area contributed by atoms with E-state index in [1.54, 1.807) is 7.11 Å². The molecule has 0 saturated heterocycles. The third kappa shape index (κ3) is 5.52. The number of benzene rings is 1. The lowest BCUT2D eigenvalue weighted by Gasteiger charge is -2.18. The van der Waals surface area contributed by atoms with Crippen molar-refractivity contribution in [3.05, 3.63) is 29.8 Å². The molecule has 0 heterocycles. The first-order valence-electron chi connectivity index (χ1n) is 6.64. The summed E-state index contributed by atoms with van der Waals surface area (Å²) in [6.07, 6.45) is 2.46. The first kappa shape index (κ1) is 15.0. The normalized spacial score (nSPS) is 12.7. The number of nitrogens with zero attached hydrogens (tertiary/aromatic N) is 1. The van der Waals surface area contributed by atoms with Crippen molar-refractivity contribution in [2.24, 2.45) is 0 Å². The van der Waals surface area contributed by atoms with Gasteiger partial charge in [0, 0.05) is 12.6 Å². The van der Waals surface area contributed by atoms with E-state index in [1.807, 2.05) is 19.2 Å². The second-order valence-electron chi connectivity index (χ2n) is 4.92. The van der Waals surface area contributed by atoms with Crippen LogP contribution in [-0.4, -0.2) is 38.7 Å². The van der Waals surface area contributed by atoms with Gasteiger partial charge in [-0.25, -0.2) is 0 Å². The van der Waals surface area contributed by atoms with Crippen molar-refractivity contribution in [3.63, 3.8) is 0 Å². The van der Waals surface area contributed by atoms with Crippen LogP contribution in [0.15, 0.2) is 24.3 Å². The summed E-state index contributed by atoms with van der Waals surface area (Å²) >= 11 is 0. The molecule has 18 heavy (non-hydrogen) atoms. The maximum atomic E-state index is 5.16. The lowest BCUT2D eigenvalue weighted by molar-refractivity contribution is 0.312. The number of hydrogen-bond donors (Lipinski definition) is 1. The topological polar surface area (TPSA) is 24.5 Å². The van der Waals surface area contributed by atoms with E-state index in [2.05, 4.69) is 36.3 Å². The van der Waals surface area contributed by atoms with Gasteiger partial charge in [0.1, 0.15) is 5.75 Å². The molecule has 0 bridgehead atoms. The number of hydrogen-bond acceptors (Lipinski definition) is 3. The lowest BCUT2D eigenvalue weighted by Crippen LogP contribution is -2.24. The molecule has 0 aliphatic carbocycles. The van der Waals surface area contributed by atoms with Gasteiger partial charge in [0.05, 0.1) is 7.11 Å². The van der Waals surface area contributed by atoms with E-state index in [9.17, 15) is 0 Å². The lowest BCUT2D eigenvalue weighted by atomic mass is 10.1. The van der Waals surface area contributed by atoms with Gasteiger partial charge in [-0.2, -0.15) is 0 Å². The molecule has 3 heteroatoms. The van der Waals surface area contributed by atoms with Gasteiger partial charge in [0.2, 0.25) is 0 Å². The van der Waals surface area contributed by atoms with Crippen LogP contribution in [0.4, 0.5) is 0 Å². The molecule has 0 aliphatic heterocycles. The maximum Gasteiger partial charge on any atom is 0.118 e. The number of ether oxygens (including phenoxy) is 1.